The van der Waals surface area contributed by atoms with E-state index in [0.717, 1.165) is 45.9 Å². The lowest BCUT2D eigenvalue weighted by molar-refractivity contribution is -0.125. The van der Waals surface area contributed by atoms with Crippen LogP contribution in [-0.2, 0) is 11.8 Å². The Morgan fingerprint density at radius 3 is 2.53 bits per heavy atom. The molecule has 2 N–H and O–H groups in total. The van der Waals surface area contributed by atoms with E-state index in [9.17, 15) is 9.18 Å². The molecule has 1 saturated carbocycles. The number of carbonyl (C=O) groups excluding carboxylic acids is 1. The van der Waals surface area contributed by atoms with E-state index in [-0.39, 0.29) is 11.8 Å². The maximum absolute atomic E-state index is 13.4. The fourth-order valence-corrected chi connectivity index (χ4v) is 6.45. The summed E-state index contributed by atoms with van der Waals surface area (Å²) in [5.74, 6) is 9.92. The molecule has 4 atom stereocenters. The number of nitrogens with two attached hydrogens (primary N) is 1. The normalized spacial score (nSPS) is 23.0. The third-order valence-corrected chi connectivity index (χ3v) is 8.82. The molecule has 8 nitrogen and oxygen atoms in total. The van der Waals surface area contributed by atoms with Crippen LogP contribution >= 0.6 is 0 Å². The molecule has 2 aromatic heterocycles. The molecule has 2 unspecified atom stereocenters. The number of rotatable bonds is 6. The van der Waals surface area contributed by atoms with E-state index in [1.807, 2.05) is 82.1 Å². The Morgan fingerprint density at radius 2 is 1.81 bits per heavy atom. The van der Waals surface area contributed by atoms with Crippen molar-refractivity contribution in [1.29, 1.82) is 0 Å². The summed E-state index contributed by atoms with van der Waals surface area (Å²) in [4.78, 5) is 25.4. The molecule has 9 heteroatoms. The van der Waals surface area contributed by atoms with Gasteiger partial charge in [-0.3, -0.25) is 9.69 Å². The second kappa shape index (κ2) is 11.2. The van der Waals surface area contributed by atoms with E-state index in [1.54, 1.807) is 6.08 Å². The van der Waals surface area contributed by atoms with E-state index in [1.165, 1.54) is 6.33 Å². The Labute approximate surface area is 250 Å². The molecule has 3 fully saturated rings. The smallest absolute Gasteiger partial charge is 0.246 e. The minimum atomic E-state index is -0.747. The summed E-state index contributed by atoms with van der Waals surface area (Å²) < 4.78 is 21.3. The fraction of sp³-hybridized carbons (Fsp3) is 0.324. The number of benzene rings is 2. The number of hydrogen-bond acceptors (Lipinski definition) is 6. The van der Waals surface area contributed by atoms with E-state index in [4.69, 9.17) is 10.5 Å². The summed E-state index contributed by atoms with van der Waals surface area (Å²) in [7, 11) is 1.95. The Hall–Kier alpha value is -4.68. The van der Waals surface area contributed by atoms with E-state index in [2.05, 4.69) is 21.8 Å². The highest BCUT2D eigenvalue weighted by atomic mass is 19.1. The third-order valence-electron chi connectivity index (χ3n) is 8.82. The van der Waals surface area contributed by atoms with Gasteiger partial charge in [-0.1, -0.05) is 42.3 Å². The van der Waals surface area contributed by atoms with Crippen LogP contribution < -0.4 is 10.5 Å². The summed E-state index contributed by atoms with van der Waals surface area (Å²) >= 11 is 0. The third kappa shape index (κ3) is 5.35. The molecule has 0 radical (unpaired) electrons. The van der Waals surface area contributed by atoms with Gasteiger partial charge in [-0.15, -0.1) is 0 Å². The number of piperidine rings is 1. The quantitative estimate of drug-likeness (QED) is 0.265. The van der Waals surface area contributed by atoms with Crippen molar-refractivity contribution in [2.24, 2.45) is 24.8 Å². The van der Waals surface area contributed by atoms with Crippen LogP contribution in [0.5, 0.6) is 11.5 Å². The molecule has 2 saturated heterocycles. The number of para-hydroxylation sites is 1. The molecule has 4 aromatic rings. The molecule has 2 aliphatic heterocycles. The minimum absolute atomic E-state index is 0.0274. The second-order valence-corrected chi connectivity index (χ2v) is 11.6. The molecule has 4 heterocycles. The first kappa shape index (κ1) is 27.2. The molecule has 1 aliphatic carbocycles. The number of nitrogen functional groups attached to an aromatic ring is 1. The number of likely N-dealkylation sites (tertiary alicyclic amines) is 2. The maximum Gasteiger partial charge on any atom is 0.246 e. The molecule has 1 amide bonds. The number of carbonyl (C=O) groups is 1. The Balaban J connectivity index is 1.07. The molecule has 3 aliphatic rings. The van der Waals surface area contributed by atoms with Crippen molar-refractivity contribution in [2.45, 2.75) is 12.6 Å². The monoisotopic (exact) mass is 576 g/mol. The topological polar surface area (TPSA) is 89.5 Å². The van der Waals surface area contributed by atoms with Crippen LogP contribution in [0, 0.1) is 29.6 Å². The van der Waals surface area contributed by atoms with Crippen molar-refractivity contribution >= 4 is 22.8 Å². The maximum atomic E-state index is 13.4. The van der Waals surface area contributed by atoms with Gasteiger partial charge in [0.05, 0.1) is 5.39 Å². The fourth-order valence-electron chi connectivity index (χ4n) is 6.45. The van der Waals surface area contributed by atoms with Crippen molar-refractivity contribution in [3.63, 3.8) is 0 Å². The number of aromatic nitrogens is 3. The van der Waals surface area contributed by atoms with Crippen LogP contribution in [0.1, 0.15) is 12.1 Å². The van der Waals surface area contributed by atoms with E-state index < -0.39 is 6.17 Å². The van der Waals surface area contributed by atoms with Gasteiger partial charge in [-0.05, 0) is 54.0 Å². The lowest BCUT2D eigenvalue weighted by Gasteiger charge is -2.17. The lowest BCUT2D eigenvalue weighted by atomic mass is 10.0. The Morgan fingerprint density at radius 1 is 1.07 bits per heavy atom. The molecule has 218 valence electrons. The Kier molecular flexibility index (Phi) is 7.07. The predicted octanol–water partition coefficient (Wildman–Crippen LogP) is 4.67. The van der Waals surface area contributed by atoms with Gasteiger partial charge in [-0.2, -0.15) is 0 Å². The van der Waals surface area contributed by atoms with Gasteiger partial charge >= 0.3 is 0 Å². The lowest BCUT2D eigenvalue weighted by Crippen LogP contribution is -2.30. The SMILES string of the molecule is Cn1c(C#CC2[C@H]3CN(C(=O)/C=C/CN4CCC(F)C4)C[C@@H]23)c(-c2ccc(Oc3ccccc3)cc2)c2c(N)ncnc21. The van der Waals surface area contributed by atoms with Crippen molar-refractivity contribution in [3.8, 4) is 34.5 Å². The zero-order valence-corrected chi connectivity index (χ0v) is 24.0. The number of nitrogens with zero attached hydrogens (tertiary/aromatic N) is 5. The number of ether oxygens (including phenoxy) is 1. The van der Waals surface area contributed by atoms with Gasteiger partial charge < -0.3 is 19.9 Å². The highest BCUT2D eigenvalue weighted by molar-refractivity contribution is 6.03. The first-order chi connectivity index (χ1) is 21.0. The van der Waals surface area contributed by atoms with Gasteiger partial charge in [0.15, 0.2) is 0 Å². The largest absolute Gasteiger partial charge is 0.457 e. The highest BCUT2D eigenvalue weighted by Gasteiger charge is 2.55. The zero-order chi connectivity index (χ0) is 29.5. The number of anilines is 1. The predicted molar refractivity (Wildman–Crippen MR) is 164 cm³/mol. The van der Waals surface area contributed by atoms with Crippen LogP contribution in [0.25, 0.3) is 22.2 Å². The summed E-state index contributed by atoms with van der Waals surface area (Å²) in [6.07, 6.45) is 4.81. The number of fused-ring (bicyclic) bond motifs is 2. The van der Waals surface area contributed by atoms with Crippen molar-refractivity contribution in [1.82, 2.24) is 24.3 Å². The summed E-state index contributed by atoms with van der Waals surface area (Å²) in [6.45, 7) is 3.25. The summed E-state index contributed by atoms with van der Waals surface area (Å²) in [5.41, 5.74) is 9.78. The van der Waals surface area contributed by atoms with Gasteiger partial charge in [0.1, 0.15) is 41.2 Å². The Bertz CT molecular complexity index is 1740. The van der Waals surface area contributed by atoms with Crippen LogP contribution in [0.2, 0.25) is 0 Å². The van der Waals surface area contributed by atoms with E-state index >= 15 is 0 Å². The second-order valence-electron chi connectivity index (χ2n) is 11.6. The van der Waals surface area contributed by atoms with Crippen LogP contribution in [0.3, 0.4) is 0 Å². The number of hydrogen-bond donors (Lipinski definition) is 1. The van der Waals surface area contributed by atoms with Crippen molar-refractivity contribution < 1.29 is 13.9 Å². The highest BCUT2D eigenvalue weighted by Crippen LogP contribution is 2.51. The van der Waals surface area contributed by atoms with Crippen LogP contribution in [0.4, 0.5) is 10.2 Å². The molecule has 43 heavy (non-hydrogen) atoms. The van der Waals surface area contributed by atoms with Gasteiger partial charge in [0, 0.05) is 57.3 Å². The van der Waals surface area contributed by atoms with Crippen LogP contribution in [-0.4, -0.2) is 69.1 Å². The van der Waals surface area contributed by atoms with Crippen LogP contribution in [0.15, 0.2) is 73.1 Å². The number of alkyl halides is 1. The number of amides is 1. The summed E-state index contributed by atoms with van der Waals surface area (Å²) in [5, 5.41) is 0.779. The number of aryl methyl sites for hydroxylation is 1. The molecule has 0 spiro atoms. The zero-order valence-electron chi connectivity index (χ0n) is 24.0. The number of halogens is 1. The standard InChI is InChI=1S/C34H33FN6O2/c1-39-29(14-13-26-27-19-41(20-28(26)27)30(42)8-5-16-40-17-15-23(35)18-40)31(32-33(36)37-21-38-34(32)39)22-9-11-25(12-10-22)43-24-6-3-2-4-7-24/h2-12,21,23,26-28H,15-20H2,1H3,(H2,36,37,38)/b8-5+/t23?,26?,27-,28+. The first-order valence-electron chi connectivity index (χ1n) is 14.7. The average Bonchev–Trinajstić information content (AvgIpc) is 3.34. The van der Waals surface area contributed by atoms with Gasteiger partial charge in [0.2, 0.25) is 5.91 Å². The molecule has 7 rings (SSSR count). The minimum Gasteiger partial charge on any atom is -0.457 e. The first-order valence-corrected chi connectivity index (χ1v) is 14.7. The van der Waals surface area contributed by atoms with Crippen molar-refractivity contribution in [2.75, 3.05) is 38.5 Å². The molecular weight excluding hydrogens is 543 g/mol. The molecular formula is C34H33FN6O2. The average molecular weight is 577 g/mol. The summed E-state index contributed by atoms with van der Waals surface area (Å²) in [6, 6.07) is 17.6. The molecule has 0 bridgehead atoms. The van der Waals surface area contributed by atoms with Gasteiger partial charge in [0.25, 0.3) is 0 Å². The van der Waals surface area contributed by atoms with E-state index in [0.29, 0.717) is 50.3 Å². The van der Waals surface area contributed by atoms with Gasteiger partial charge in [-0.25, -0.2) is 14.4 Å². The van der Waals surface area contributed by atoms with Crippen molar-refractivity contribution in [3.05, 3.63) is 78.8 Å². The molecule has 2 aromatic carbocycles.